The summed E-state index contributed by atoms with van der Waals surface area (Å²) in [7, 11) is 0. The minimum Gasteiger partial charge on any atom is -0.488 e. The van der Waals surface area contributed by atoms with Crippen molar-refractivity contribution in [1.82, 2.24) is 0 Å². The molecule has 0 bridgehead atoms. The third-order valence-corrected chi connectivity index (χ3v) is 10.5. The van der Waals surface area contributed by atoms with Gasteiger partial charge in [0.15, 0.2) is 11.2 Å². The molecular weight excluding hydrogens is 769 g/mol. The highest BCUT2D eigenvalue weighted by atomic mass is 16.5. The lowest BCUT2D eigenvalue weighted by atomic mass is 9.82. The van der Waals surface area contributed by atoms with Crippen LogP contribution in [0.3, 0.4) is 0 Å². The number of benzene rings is 6. The molecule has 0 spiro atoms. The van der Waals surface area contributed by atoms with Crippen molar-refractivity contribution in [3.63, 3.8) is 0 Å². The lowest BCUT2D eigenvalue weighted by Crippen LogP contribution is -2.35. The average molecular weight is 829 g/mol. The first-order chi connectivity index (χ1) is 29.1. The highest BCUT2D eigenvalue weighted by Gasteiger charge is 2.41. The van der Waals surface area contributed by atoms with E-state index in [1.165, 1.54) is 0 Å². The van der Waals surface area contributed by atoms with E-state index in [2.05, 4.69) is 180 Å². The van der Waals surface area contributed by atoms with E-state index in [1.54, 1.807) is 0 Å². The van der Waals surface area contributed by atoms with Gasteiger partial charge in [-0.05, 0) is 161 Å². The summed E-state index contributed by atoms with van der Waals surface area (Å²) in [4.78, 5) is 0. The predicted molar refractivity (Wildman–Crippen MR) is 252 cm³/mol. The molecule has 0 amide bonds. The van der Waals surface area contributed by atoms with E-state index in [0.717, 1.165) is 78.7 Å². The maximum atomic E-state index is 7.49. The molecule has 0 atom stereocenters. The van der Waals surface area contributed by atoms with Crippen molar-refractivity contribution >= 4 is 22.9 Å². The van der Waals surface area contributed by atoms with Crippen LogP contribution in [0.5, 0.6) is 34.5 Å². The molecule has 2 aliphatic rings. The van der Waals surface area contributed by atoms with E-state index in [1.807, 2.05) is 48.5 Å². The Kier molecular flexibility index (Phi) is 10.5. The molecule has 0 aromatic heterocycles. The first kappa shape index (κ1) is 42.5. The SMILES string of the molecule is CC(C)(C)Oc1ccc(C2(c3ccc(OC(C)(C)C)cc3)C=Cc3c(ccc4ccc5c(c34)OC(c3ccc(OC(C)(C)C)cc3)(c3ccc(OC(C)(C)C)cc3)C=C5)O2)cc1. The normalized spacial score (nSPS) is 15.5. The molecule has 0 saturated carbocycles. The van der Waals surface area contributed by atoms with Gasteiger partial charge in [0.05, 0.1) is 0 Å². The van der Waals surface area contributed by atoms with Crippen LogP contribution in [0.1, 0.15) is 116 Å². The minimum absolute atomic E-state index is 0.328. The van der Waals surface area contributed by atoms with Gasteiger partial charge in [0, 0.05) is 38.8 Å². The maximum Gasteiger partial charge on any atom is 0.178 e. The van der Waals surface area contributed by atoms with E-state index in [9.17, 15) is 0 Å². The Hall–Kier alpha value is -6.14. The molecule has 6 nitrogen and oxygen atoms in total. The summed E-state index contributed by atoms with van der Waals surface area (Å²) in [5.74, 6) is 4.70. The first-order valence-electron chi connectivity index (χ1n) is 21.6. The molecule has 2 heterocycles. The number of rotatable bonds is 8. The molecular formula is C56H60O6. The minimum atomic E-state index is -0.971. The van der Waals surface area contributed by atoms with Crippen molar-refractivity contribution in [1.29, 1.82) is 0 Å². The molecule has 0 radical (unpaired) electrons. The van der Waals surface area contributed by atoms with E-state index in [4.69, 9.17) is 28.4 Å². The van der Waals surface area contributed by atoms with Crippen LogP contribution < -0.4 is 28.4 Å². The van der Waals surface area contributed by atoms with Crippen LogP contribution in [-0.2, 0) is 11.2 Å². The van der Waals surface area contributed by atoms with Gasteiger partial charge in [-0.2, -0.15) is 0 Å². The Bertz CT molecular complexity index is 2500. The smallest absolute Gasteiger partial charge is 0.178 e. The van der Waals surface area contributed by atoms with Gasteiger partial charge in [-0.15, -0.1) is 0 Å². The van der Waals surface area contributed by atoms with E-state index in [0.29, 0.717) is 0 Å². The van der Waals surface area contributed by atoms with Crippen LogP contribution in [0.25, 0.3) is 22.9 Å². The van der Waals surface area contributed by atoms with Gasteiger partial charge < -0.3 is 28.4 Å². The van der Waals surface area contributed by atoms with Gasteiger partial charge >= 0.3 is 0 Å². The number of hydrogen-bond donors (Lipinski definition) is 0. The summed E-state index contributed by atoms with van der Waals surface area (Å²) in [5.41, 5.74) is 2.56. The summed E-state index contributed by atoms with van der Waals surface area (Å²) in [6.07, 6.45) is 8.70. The van der Waals surface area contributed by atoms with Crippen molar-refractivity contribution in [2.75, 3.05) is 0 Å². The van der Waals surface area contributed by atoms with Crippen molar-refractivity contribution in [3.05, 3.63) is 167 Å². The zero-order chi connectivity index (χ0) is 44.3. The van der Waals surface area contributed by atoms with Crippen molar-refractivity contribution in [2.45, 2.75) is 117 Å². The predicted octanol–water partition coefficient (Wildman–Crippen LogP) is 14.2. The highest BCUT2D eigenvalue weighted by Crippen LogP contribution is 2.51. The van der Waals surface area contributed by atoms with Crippen LogP contribution in [0.2, 0.25) is 0 Å². The van der Waals surface area contributed by atoms with Crippen molar-refractivity contribution < 1.29 is 28.4 Å². The van der Waals surface area contributed by atoms with E-state index < -0.39 is 11.2 Å². The monoisotopic (exact) mass is 828 g/mol. The van der Waals surface area contributed by atoms with E-state index in [-0.39, 0.29) is 22.4 Å². The Morgan fingerprint density at radius 1 is 0.371 bits per heavy atom. The molecule has 2 aliphatic heterocycles. The summed E-state index contributed by atoms with van der Waals surface area (Å²) >= 11 is 0. The quantitative estimate of drug-likeness (QED) is 0.152. The number of hydrogen-bond acceptors (Lipinski definition) is 6. The van der Waals surface area contributed by atoms with Crippen LogP contribution in [-0.4, -0.2) is 22.4 Å². The lowest BCUT2D eigenvalue weighted by molar-refractivity contribution is 0.129. The molecule has 0 saturated heterocycles. The zero-order valence-electron chi connectivity index (χ0n) is 38.3. The van der Waals surface area contributed by atoms with Gasteiger partial charge in [-0.3, -0.25) is 0 Å². The topological polar surface area (TPSA) is 55.4 Å². The molecule has 6 aromatic rings. The third-order valence-electron chi connectivity index (χ3n) is 10.5. The van der Waals surface area contributed by atoms with E-state index >= 15 is 0 Å². The standard InChI is InChI=1S/C56H60O6/c1-51(2,3)57-43-24-16-39(17-25-43)55(40-18-26-44(27-19-40)58-52(4,5)6)36-34-47-48(61-55)32-15-37-13-14-38-33-35-56(62-50(38)49(37)47,41-20-28-45(29-21-41)59-53(7,8)9)42-22-30-46(31-23-42)60-54(10,11)12/h13-36H,1-12H3. The molecule has 6 heteroatoms. The molecule has 0 unspecified atom stereocenters. The Balaban J connectivity index is 1.25. The van der Waals surface area contributed by atoms with Crippen molar-refractivity contribution in [2.24, 2.45) is 0 Å². The van der Waals surface area contributed by atoms with Gasteiger partial charge in [-0.25, -0.2) is 0 Å². The Morgan fingerprint density at radius 3 is 1.08 bits per heavy atom. The van der Waals surface area contributed by atoms with Crippen molar-refractivity contribution in [3.8, 4) is 34.5 Å². The van der Waals surface area contributed by atoms with Gasteiger partial charge in [0.25, 0.3) is 0 Å². The highest BCUT2D eigenvalue weighted by molar-refractivity contribution is 6.01. The molecule has 0 fully saturated rings. The summed E-state index contributed by atoms with van der Waals surface area (Å²) in [5, 5.41) is 2.02. The molecule has 6 aromatic carbocycles. The molecule has 62 heavy (non-hydrogen) atoms. The fourth-order valence-electron chi connectivity index (χ4n) is 8.17. The molecule has 320 valence electrons. The summed E-state index contributed by atoms with van der Waals surface area (Å²) in [6, 6.07) is 41.4. The fraction of sp³-hybridized carbons (Fsp3) is 0.321. The van der Waals surface area contributed by atoms with Crippen LogP contribution in [0.4, 0.5) is 0 Å². The fourth-order valence-corrected chi connectivity index (χ4v) is 8.17. The third kappa shape index (κ3) is 8.92. The largest absolute Gasteiger partial charge is 0.488 e. The van der Waals surface area contributed by atoms with Crippen LogP contribution >= 0.6 is 0 Å². The van der Waals surface area contributed by atoms with Gasteiger partial charge in [0.1, 0.15) is 56.9 Å². The maximum absolute atomic E-state index is 7.49. The lowest BCUT2D eigenvalue weighted by Gasteiger charge is -2.39. The molecule has 0 N–H and O–H groups in total. The second-order valence-electron chi connectivity index (χ2n) is 20.4. The Morgan fingerprint density at radius 2 is 0.710 bits per heavy atom. The number of ether oxygens (including phenoxy) is 6. The van der Waals surface area contributed by atoms with Crippen LogP contribution in [0.15, 0.2) is 133 Å². The first-order valence-corrected chi connectivity index (χ1v) is 21.6. The van der Waals surface area contributed by atoms with Crippen LogP contribution in [0, 0.1) is 0 Å². The second-order valence-corrected chi connectivity index (χ2v) is 20.4. The summed E-state index contributed by atoms with van der Waals surface area (Å²) in [6.45, 7) is 24.6. The molecule has 0 aliphatic carbocycles. The summed E-state index contributed by atoms with van der Waals surface area (Å²) < 4.78 is 39.8. The molecule has 8 rings (SSSR count). The number of fused-ring (bicyclic) bond motifs is 5. The van der Waals surface area contributed by atoms with Gasteiger partial charge in [-0.1, -0.05) is 72.8 Å². The van der Waals surface area contributed by atoms with Gasteiger partial charge in [0.2, 0.25) is 0 Å². The average Bonchev–Trinajstić information content (AvgIpc) is 3.19. The zero-order valence-corrected chi connectivity index (χ0v) is 38.3. The second kappa shape index (κ2) is 15.3. The Labute approximate surface area is 368 Å².